The lowest BCUT2D eigenvalue weighted by atomic mass is 10.1. The molecule has 0 aromatic carbocycles. The van der Waals surface area contributed by atoms with E-state index in [2.05, 4.69) is 5.32 Å². The van der Waals surface area contributed by atoms with E-state index in [1.54, 1.807) is 19.3 Å². The Kier molecular flexibility index (Phi) is 5.41. The lowest BCUT2D eigenvalue weighted by Crippen LogP contribution is -2.46. The van der Waals surface area contributed by atoms with Crippen LogP contribution in [0, 0.1) is 0 Å². The Morgan fingerprint density at radius 1 is 1.38 bits per heavy atom. The van der Waals surface area contributed by atoms with E-state index in [-0.39, 0.29) is 23.9 Å². The second-order valence-electron chi connectivity index (χ2n) is 6.31. The first kappa shape index (κ1) is 17.1. The van der Waals surface area contributed by atoms with Gasteiger partial charge in [-0.25, -0.2) is 0 Å². The maximum atomic E-state index is 12.4. The van der Waals surface area contributed by atoms with Crippen LogP contribution >= 0.6 is 0 Å². The zero-order chi connectivity index (χ0) is 16.2. The Morgan fingerprint density at radius 3 is 2.52 bits per heavy atom. The van der Waals surface area contributed by atoms with E-state index in [9.17, 15) is 9.59 Å². The zero-order valence-electron chi connectivity index (χ0n) is 13.6. The number of anilines is 1. The van der Waals surface area contributed by atoms with Gasteiger partial charge in [0.15, 0.2) is 0 Å². The second-order valence-corrected chi connectivity index (χ2v) is 6.31. The molecule has 2 amide bonds. The molecule has 118 valence electrons. The lowest BCUT2D eigenvalue weighted by molar-refractivity contribution is -0.122. The second kappa shape index (κ2) is 6.65. The van der Waals surface area contributed by atoms with Crippen LogP contribution in [0.1, 0.15) is 44.6 Å². The number of amides is 2. The Hall–Kier alpha value is -1.98. The molecule has 0 fully saturated rings. The molecule has 0 aliphatic carbocycles. The van der Waals surface area contributed by atoms with Crippen LogP contribution < -0.4 is 11.1 Å². The fourth-order valence-corrected chi connectivity index (χ4v) is 2.08. The van der Waals surface area contributed by atoms with E-state index < -0.39 is 0 Å². The van der Waals surface area contributed by atoms with Crippen molar-refractivity contribution in [3.8, 4) is 0 Å². The summed E-state index contributed by atoms with van der Waals surface area (Å²) in [6.07, 6.45) is 2.66. The van der Waals surface area contributed by atoms with Crippen molar-refractivity contribution in [3.05, 3.63) is 18.0 Å². The number of carbonyl (C=O) groups is 2. The number of hydrogen-bond donors (Lipinski definition) is 2. The van der Waals surface area contributed by atoms with E-state index >= 15 is 0 Å². The molecule has 1 aromatic heterocycles. The molecule has 1 aromatic rings. The Balaban J connectivity index is 2.76. The van der Waals surface area contributed by atoms with Crippen molar-refractivity contribution < 1.29 is 9.59 Å². The number of aryl methyl sites for hydroxylation is 1. The number of carbonyl (C=O) groups excluding carboxylic acids is 2. The molecule has 0 aliphatic rings. The minimum Gasteiger partial charge on any atom is -0.397 e. The van der Waals surface area contributed by atoms with Gasteiger partial charge in [-0.1, -0.05) is 6.92 Å². The first-order valence-corrected chi connectivity index (χ1v) is 7.16. The topological polar surface area (TPSA) is 80.4 Å². The molecule has 0 saturated heterocycles. The highest BCUT2D eigenvalue weighted by Gasteiger charge is 2.21. The number of nitrogen functional groups attached to an aromatic ring is 1. The van der Waals surface area contributed by atoms with E-state index in [1.807, 2.05) is 32.3 Å². The summed E-state index contributed by atoms with van der Waals surface area (Å²) in [5.74, 6) is -0.385. The molecule has 6 heteroatoms. The molecule has 1 rings (SSSR count). The Morgan fingerprint density at radius 2 is 2.00 bits per heavy atom. The monoisotopic (exact) mass is 294 g/mol. The van der Waals surface area contributed by atoms with Crippen LogP contribution in [-0.4, -0.2) is 40.4 Å². The molecule has 0 spiro atoms. The minimum absolute atomic E-state index is 0.0211. The number of likely N-dealkylation sites (N-methyl/N-ethyl adjacent to an activating group) is 1. The van der Waals surface area contributed by atoms with Crippen molar-refractivity contribution in [3.63, 3.8) is 0 Å². The van der Waals surface area contributed by atoms with E-state index in [1.165, 1.54) is 4.90 Å². The third kappa shape index (κ3) is 5.13. The highest BCUT2D eigenvalue weighted by atomic mass is 16.2. The first-order chi connectivity index (χ1) is 9.64. The van der Waals surface area contributed by atoms with Gasteiger partial charge in [-0.05, 0) is 33.3 Å². The molecule has 0 atom stereocenters. The van der Waals surface area contributed by atoms with Gasteiger partial charge in [0.25, 0.3) is 5.91 Å². The first-order valence-electron chi connectivity index (χ1n) is 7.16. The summed E-state index contributed by atoms with van der Waals surface area (Å²) in [6.45, 7) is 8.48. The number of aromatic nitrogens is 1. The molecule has 0 radical (unpaired) electrons. The molecule has 0 aliphatic heterocycles. The smallest absolute Gasteiger partial charge is 0.270 e. The van der Waals surface area contributed by atoms with Crippen LogP contribution in [0.5, 0.6) is 0 Å². The number of rotatable bonds is 5. The zero-order valence-corrected chi connectivity index (χ0v) is 13.6. The molecular formula is C15H26N4O2. The molecule has 1 heterocycles. The standard InChI is InChI=1S/C15H26N4O2/c1-6-7-19-9-11(16)8-12(19)14(21)18(5)10-13(20)17-15(2,3)4/h8-9H,6-7,10,16H2,1-5H3,(H,17,20). The molecule has 0 saturated carbocycles. The Labute approximate surface area is 126 Å². The molecule has 6 nitrogen and oxygen atoms in total. The SMILES string of the molecule is CCCn1cc(N)cc1C(=O)N(C)CC(=O)NC(C)(C)C. The highest BCUT2D eigenvalue weighted by molar-refractivity contribution is 5.96. The molecule has 3 N–H and O–H groups in total. The maximum Gasteiger partial charge on any atom is 0.270 e. The maximum absolute atomic E-state index is 12.4. The van der Waals surface area contributed by atoms with Gasteiger partial charge in [-0.15, -0.1) is 0 Å². The van der Waals surface area contributed by atoms with Crippen LogP contribution in [0.25, 0.3) is 0 Å². The summed E-state index contributed by atoms with van der Waals surface area (Å²) in [7, 11) is 1.62. The largest absolute Gasteiger partial charge is 0.397 e. The Bertz CT molecular complexity index is 514. The summed E-state index contributed by atoms with van der Waals surface area (Å²) < 4.78 is 1.83. The summed E-state index contributed by atoms with van der Waals surface area (Å²) in [6, 6.07) is 1.65. The number of nitrogens with zero attached hydrogens (tertiary/aromatic N) is 2. The van der Waals surface area contributed by atoms with Crippen LogP contribution in [0.15, 0.2) is 12.3 Å². The molecule has 21 heavy (non-hydrogen) atoms. The minimum atomic E-state index is -0.312. The van der Waals surface area contributed by atoms with E-state index in [0.717, 1.165) is 13.0 Å². The number of hydrogen-bond acceptors (Lipinski definition) is 3. The van der Waals surface area contributed by atoms with Gasteiger partial charge < -0.3 is 20.5 Å². The average Bonchev–Trinajstić information content (AvgIpc) is 2.67. The quantitative estimate of drug-likeness (QED) is 0.863. The molecule has 0 unspecified atom stereocenters. The fourth-order valence-electron chi connectivity index (χ4n) is 2.08. The van der Waals surface area contributed by atoms with Gasteiger partial charge in [-0.2, -0.15) is 0 Å². The van der Waals surface area contributed by atoms with Crippen molar-refractivity contribution in [1.82, 2.24) is 14.8 Å². The van der Waals surface area contributed by atoms with Crippen LogP contribution in [0.4, 0.5) is 5.69 Å². The molecular weight excluding hydrogens is 268 g/mol. The van der Waals surface area contributed by atoms with Crippen LogP contribution in [0.3, 0.4) is 0 Å². The summed E-state index contributed by atoms with van der Waals surface area (Å²) >= 11 is 0. The molecule has 0 bridgehead atoms. The van der Waals surface area contributed by atoms with Gasteiger partial charge in [0, 0.05) is 25.3 Å². The number of nitrogens with one attached hydrogen (secondary N) is 1. The summed E-state index contributed by atoms with van der Waals surface area (Å²) in [5, 5.41) is 2.84. The third-order valence-electron chi connectivity index (χ3n) is 2.84. The van der Waals surface area contributed by atoms with E-state index in [4.69, 9.17) is 5.73 Å². The van der Waals surface area contributed by atoms with Crippen molar-refractivity contribution in [2.24, 2.45) is 0 Å². The van der Waals surface area contributed by atoms with E-state index in [0.29, 0.717) is 11.4 Å². The van der Waals surface area contributed by atoms with Crippen LogP contribution in [-0.2, 0) is 11.3 Å². The normalized spacial score (nSPS) is 11.3. The van der Waals surface area contributed by atoms with Crippen molar-refractivity contribution in [1.29, 1.82) is 0 Å². The predicted octanol–water partition coefficient (Wildman–Crippen LogP) is 1.47. The van der Waals surface area contributed by atoms with Gasteiger partial charge in [0.1, 0.15) is 5.69 Å². The van der Waals surface area contributed by atoms with Gasteiger partial charge in [0.05, 0.1) is 12.2 Å². The lowest BCUT2D eigenvalue weighted by Gasteiger charge is -2.23. The van der Waals surface area contributed by atoms with Gasteiger partial charge in [-0.3, -0.25) is 9.59 Å². The number of nitrogens with two attached hydrogens (primary N) is 1. The fraction of sp³-hybridized carbons (Fsp3) is 0.600. The summed E-state index contributed by atoms with van der Waals surface area (Å²) in [5.41, 5.74) is 6.52. The van der Waals surface area contributed by atoms with Crippen molar-refractivity contribution in [2.75, 3.05) is 19.3 Å². The van der Waals surface area contributed by atoms with Gasteiger partial charge in [0.2, 0.25) is 5.91 Å². The highest BCUT2D eigenvalue weighted by Crippen LogP contribution is 2.13. The van der Waals surface area contributed by atoms with Crippen LogP contribution in [0.2, 0.25) is 0 Å². The van der Waals surface area contributed by atoms with Crippen molar-refractivity contribution >= 4 is 17.5 Å². The predicted molar refractivity (Wildman–Crippen MR) is 84.0 cm³/mol. The third-order valence-corrected chi connectivity index (χ3v) is 2.84. The summed E-state index contributed by atoms with van der Waals surface area (Å²) in [4.78, 5) is 25.7. The van der Waals surface area contributed by atoms with Gasteiger partial charge >= 0.3 is 0 Å². The average molecular weight is 294 g/mol. The van der Waals surface area contributed by atoms with Crippen molar-refractivity contribution in [2.45, 2.75) is 46.2 Å².